The van der Waals surface area contributed by atoms with Crippen molar-refractivity contribution >= 4 is 16.0 Å². The molecule has 1 aliphatic heterocycles. The SMILES string of the molecule is Cn1cc(S(=O)(=O)N2CCCCC2CC(=O)O)cn1. The number of hydrogen-bond acceptors (Lipinski definition) is 4. The fraction of sp³-hybridized carbons (Fsp3) is 0.636. The zero-order valence-electron chi connectivity index (χ0n) is 10.7. The Kier molecular flexibility index (Phi) is 3.91. The van der Waals surface area contributed by atoms with Crippen LogP contribution in [0.5, 0.6) is 0 Å². The summed E-state index contributed by atoms with van der Waals surface area (Å²) in [6.07, 6.45) is 4.78. The summed E-state index contributed by atoms with van der Waals surface area (Å²) in [4.78, 5) is 11.0. The normalized spacial score (nSPS) is 21.4. The van der Waals surface area contributed by atoms with Crippen molar-refractivity contribution in [2.75, 3.05) is 6.54 Å². The van der Waals surface area contributed by atoms with Crippen LogP contribution in [0.1, 0.15) is 25.7 Å². The molecule has 1 aliphatic rings. The van der Waals surface area contributed by atoms with Gasteiger partial charge in [-0.25, -0.2) is 8.42 Å². The number of aromatic nitrogens is 2. The standard InChI is InChI=1S/C11H17N3O4S/c1-13-8-10(7-12-13)19(17,18)14-5-3-2-4-9(14)6-11(15)16/h7-9H,2-6H2,1H3,(H,15,16). The Morgan fingerprint density at radius 2 is 2.26 bits per heavy atom. The molecule has 8 heteroatoms. The smallest absolute Gasteiger partial charge is 0.304 e. The van der Waals surface area contributed by atoms with E-state index >= 15 is 0 Å². The zero-order chi connectivity index (χ0) is 14.0. The fourth-order valence-corrected chi connectivity index (χ4v) is 4.04. The Morgan fingerprint density at radius 1 is 1.53 bits per heavy atom. The third kappa shape index (κ3) is 2.95. The van der Waals surface area contributed by atoms with Crippen molar-refractivity contribution in [3.63, 3.8) is 0 Å². The molecule has 1 aromatic heterocycles. The first kappa shape index (κ1) is 14.0. The quantitative estimate of drug-likeness (QED) is 0.867. The molecule has 1 N–H and O–H groups in total. The Morgan fingerprint density at radius 3 is 2.84 bits per heavy atom. The summed E-state index contributed by atoms with van der Waals surface area (Å²) in [7, 11) is -2.01. The number of rotatable bonds is 4. The number of hydrogen-bond donors (Lipinski definition) is 1. The number of carbonyl (C=O) groups is 1. The predicted molar refractivity (Wildman–Crippen MR) is 67.0 cm³/mol. The van der Waals surface area contributed by atoms with E-state index in [1.165, 1.54) is 21.4 Å². The van der Waals surface area contributed by atoms with Gasteiger partial charge in [-0.2, -0.15) is 9.40 Å². The van der Waals surface area contributed by atoms with Gasteiger partial charge in [0.15, 0.2) is 0 Å². The number of sulfonamides is 1. The molecule has 1 saturated heterocycles. The molecule has 0 saturated carbocycles. The second-order valence-electron chi connectivity index (χ2n) is 4.71. The van der Waals surface area contributed by atoms with Crippen LogP contribution in [-0.2, 0) is 21.9 Å². The summed E-state index contributed by atoms with van der Waals surface area (Å²) in [5.41, 5.74) is 0. The van der Waals surface area contributed by atoms with Gasteiger partial charge in [-0.1, -0.05) is 6.42 Å². The molecule has 1 aromatic rings. The maximum atomic E-state index is 12.5. The van der Waals surface area contributed by atoms with Crippen LogP contribution in [0, 0.1) is 0 Å². The number of aryl methyl sites for hydroxylation is 1. The summed E-state index contributed by atoms with van der Waals surface area (Å²) >= 11 is 0. The molecule has 106 valence electrons. The topological polar surface area (TPSA) is 92.5 Å². The summed E-state index contributed by atoms with van der Waals surface area (Å²) < 4.78 is 27.7. The lowest BCUT2D eigenvalue weighted by Gasteiger charge is -2.33. The molecule has 0 aromatic carbocycles. The third-order valence-corrected chi connectivity index (χ3v) is 5.18. The van der Waals surface area contributed by atoms with Crippen molar-refractivity contribution in [3.8, 4) is 0 Å². The van der Waals surface area contributed by atoms with Crippen molar-refractivity contribution in [1.82, 2.24) is 14.1 Å². The van der Waals surface area contributed by atoms with E-state index in [2.05, 4.69) is 5.10 Å². The molecule has 1 fully saturated rings. The number of carboxylic acid groups (broad SMARTS) is 1. The van der Waals surface area contributed by atoms with Crippen LogP contribution in [0.4, 0.5) is 0 Å². The molecule has 0 radical (unpaired) electrons. The van der Waals surface area contributed by atoms with Gasteiger partial charge >= 0.3 is 5.97 Å². The first-order valence-corrected chi connectivity index (χ1v) is 7.57. The molecule has 0 spiro atoms. The minimum atomic E-state index is -3.65. The number of nitrogens with zero attached hydrogens (tertiary/aromatic N) is 3. The molecule has 7 nitrogen and oxygen atoms in total. The van der Waals surface area contributed by atoms with Gasteiger partial charge in [0.2, 0.25) is 10.0 Å². The second kappa shape index (κ2) is 5.30. The van der Waals surface area contributed by atoms with E-state index in [9.17, 15) is 13.2 Å². The monoisotopic (exact) mass is 287 g/mol. The van der Waals surface area contributed by atoms with E-state index in [-0.39, 0.29) is 11.3 Å². The highest BCUT2D eigenvalue weighted by Gasteiger charge is 2.35. The van der Waals surface area contributed by atoms with Crippen LogP contribution in [0.15, 0.2) is 17.3 Å². The third-order valence-electron chi connectivity index (χ3n) is 3.27. The maximum Gasteiger partial charge on any atom is 0.304 e. The minimum absolute atomic E-state index is 0.118. The highest BCUT2D eigenvalue weighted by molar-refractivity contribution is 7.89. The van der Waals surface area contributed by atoms with E-state index in [0.29, 0.717) is 13.0 Å². The molecule has 0 aliphatic carbocycles. The van der Waals surface area contributed by atoms with Crippen LogP contribution >= 0.6 is 0 Å². The number of piperidine rings is 1. The first-order valence-electron chi connectivity index (χ1n) is 6.13. The highest BCUT2D eigenvalue weighted by Crippen LogP contribution is 2.26. The van der Waals surface area contributed by atoms with Crippen LogP contribution < -0.4 is 0 Å². The Labute approximate surface area is 111 Å². The second-order valence-corrected chi connectivity index (χ2v) is 6.60. The molecule has 0 amide bonds. The van der Waals surface area contributed by atoms with Crippen molar-refractivity contribution in [3.05, 3.63) is 12.4 Å². The van der Waals surface area contributed by atoms with Gasteiger partial charge in [-0.3, -0.25) is 9.48 Å². The van der Waals surface area contributed by atoms with Crippen LogP contribution in [0.3, 0.4) is 0 Å². The maximum absolute atomic E-state index is 12.5. The van der Waals surface area contributed by atoms with Gasteiger partial charge in [-0.15, -0.1) is 0 Å². The zero-order valence-corrected chi connectivity index (χ0v) is 11.5. The van der Waals surface area contributed by atoms with Crippen molar-refractivity contribution in [1.29, 1.82) is 0 Å². The Hall–Kier alpha value is -1.41. The number of aliphatic carboxylic acids is 1. The lowest BCUT2D eigenvalue weighted by molar-refractivity contribution is -0.138. The van der Waals surface area contributed by atoms with E-state index in [1.807, 2.05) is 0 Å². The van der Waals surface area contributed by atoms with E-state index in [0.717, 1.165) is 12.8 Å². The predicted octanol–water partition coefficient (Wildman–Crippen LogP) is 0.438. The van der Waals surface area contributed by atoms with E-state index in [1.54, 1.807) is 7.05 Å². The molecule has 1 atom stereocenters. The fourth-order valence-electron chi connectivity index (χ4n) is 2.36. The molecular weight excluding hydrogens is 270 g/mol. The van der Waals surface area contributed by atoms with Gasteiger partial charge in [-0.05, 0) is 12.8 Å². The lowest BCUT2D eigenvalue weighted by Crippen LogP contribution is -2.44. The van der Waals surface area contributed by atoms with Gasteiger partial charge in [0.1, 0.15) is 4.90 Å². The Balaban J connectivity index is 2.28. The summed E-state index contributed by atoms with van der Waals surface area (Å²) in [6, 6.07) is -0.462. The molecule has 2 rings (SSSR count). The summed E-state index contributed by atoms with van der Waals surface area (Å²) in [6.45, 7) is 0.370. The highest BCUT2D eigenvalue weighted by atomic mass is 32.2. The minimum Gasteiger partial charge on any atom is -0.481 e. The van der Waals surface area contributed by atoms with Crippen molar-refractivity contribution < 1.29 is 18.3 Å². The average molecular weight is 287 g/mol. The van der Waals surface area contributed by atoms with Gasteiger partial charge in [0, 0.05) is 25.8 Å². The van der Waals surface area contributed by atoms with Crippen molar-refractivity contribution in [2.24, 2.45) is 7.05 Å². The molecule has 1 unspecified atom stereocenters. The van der Waals surface area contributed by atoms with Gasteiger partial charge in [0.05, 0.1) is 12.6 Å². The van der Waals surface area contributed by atoms with Crippen LogP contribution in [0.2, 0.25) is 0 Å². The number of carboxylic acids is 1. The first-order chi connectivity index (χ1) is 8.91. The van der Waals surface area contributed by atoms with Crippen LogP contribution in [0.25, 0.3) is 0 Å². The molecular formula is C11H17N3O4S. The lowest BCUT2D eigenvalue weighted by atomic mass is 10.0. The largest absolute Gasteiger partial charge is 0.481 e. The summed E-state index contributed by atoms with van der Waals surface area (Å²) in [5, 5.41) is 12.7. The van der Waals surface area contributed by atoms with Crippen LogP contribution in [-0.4, -0.2) is 46.2 Å². The molecule has 19 heavy (non-hydrogen) atoms. The van der Waals surface area contributed by atoms with E-state index in [4.69, 9.17) is 5.11 Å². The molecule has 0 bridgehead atoms. The van der Waals surface area contributed by atoms with E-state index < -0.39 is 22.0 Å². The van der Waals surface area contributed by atoms with Gasteiger partial charge in [0.25, 0.3) is 0 Å². The Bertz CT molecular complexity index is 566. The molecule has 2 heterocycles. The van der Waals surface area contributed by atoms with Crippen molar-refractivity contribution in [2.45, 2.75) is 36.6 Å². The summed E-state index contributed by atoms with van der Waals surface area (Å²) in [5.74, 6) is -0.974. The average Bonchev–Trinajstić information content (AvgIpc) is 2.76. The van der Waals surface area contributed by atoms with Gasteiger partial charge < -0.3 is 5.11 Å².